The van der Waals surface area contributed by atoms with Gasteiger partial charge >= 0.3 is 0 Å². The molecule has 1 aliphatic rings. The maximum atomic E-state index is 12.1. The number of amides is 2. The first kappa shape index (κ1) is 16.0. The summed E-state index contributed by atoms with van der Waals surface area (Å²) in [5.74, 6) is -0.106. The van der Waals surface area contributed by atoms with Crippen molar-refractivity contribution in [1.82, 2.24) is 10.6 Å². The molecule has 1 fully saturated rings. The first-order valence-electron chi connectivity index (χ1n) is 7.02. The van der Waals surface area contributed by atoms with Crippen molar-refractivity contribution in [3.63, 3.8) is 0 Å². The van der Waals surface area contributed by atoms with Crippen LogP contribution in [0.1, 0.15) is 40.5 Å². The molecule has 0 spiro atoms. The van der Waals surface area contributed by atoms with Crippen molar-refractivity contribution in [3.8, 4) is 0 Å². The third-order valence-electron chi connectivity index (χ3n) is 3.32. The fourth-order valence-corrected chi connectivity index (χ4v) is 1.85. The van der Waals surface area contributed by atoms with Gasteiger partial charge in [0.15, 0.2) is 0 Å². The molecule has 0 radical (unpaired) electrons. The van der Waals surface area contributed by atoms with E-state index in [1.54, 1.807) is 13.8 Å². The van der Waals surface area contributed by atoms with Crippen LogP contribution in [0.3, 0.4) is 0 Å². The van der Waals surface area contributed by atoms with Gasteiger partial charge in [-0.05, 0) is 32.6 Å². The SMILES string of the molecule is CC(C)CNC(=O)C(C)(C)C(=O)NCC1CCCO1. The molecule has 1 rings (SSSR count). The Hall–Kier alpha value is -1.10. The van der Waals surface area contributed by atoms with Gasteiger partial charge in [0.1, 0.15) is 5.41 Å². The third kappa shape index (κ3) is 4.82. The normalized spacial score (nSPS) is 19.5. The minimum absolute atomic E-state index is 0.0958. The average molecular weight is 270 g/mol. The maximum Gasteiger partial charge on any atom is 0.235 e. The fraction of sp³-hybridized carbons (Fsp3) is 0.857. The molecule has 1 unspecified atom stereocenters. The van der Waals surface area contributed by atoms with Gasteiger partial charge in [-0.15, -0.1) is 0 Å². The molecular formula is C14H26N2O3. The summed E-state index contributed by atoms with van der Waals surface area (Å²) in [6.45, 7) is 9.16. The highest BCUT2D eigenvalue weighted by Crippen LogP contribution is 2.16. The lowest BCUT2D eigenvalue weighted by Gasteiger charge is -2.24. The van der Waals surface area contributed by atoms with Crippen molar-refractivity contribution >= 4 is 11.8 Å². The zero-order valence-electron chi connectivity index (χ0n) is 12.4. The number of ether oxygens (including phenoxy) is 1. The van der Waals surface area contributed by atoms with Gasteiger partial charge in [-0.3, -0.25) is 9.59 Å². The fourth-order valence-electron chi connectivity index (χ4n) is 1.85. The second-order valence-corrected chi connectivity index (χ2v) is 6.07. The molecule has 1 aliphatic heterocycles. The van der Waals surface area contributed by atoms with Gasteiger partial charge in [0.25, 0.3) is 0 Å². The number of nitrogens with one attached hydrogen (secondary N) is 2. The van der Waals surface area contributed by atoms with E-state index < -0.39 is 5.41 Å². The lowest BCUT2D eigenvalue weighted by Crippen LogP contribution is -2.49. The largest absolute Gasteiger partial charge is 0.376 e. The highest BCUT2D eigenvalue weighted by Gasteiger charge is 2.36. The average Bonchev–Trinajstić information content (AvgIpc) is 2.85. The van der Waals surface area contributed by atoms with Crippen LogP contribution in [-0.4, -0.2) is 37.6 Å². The van der Waals surface area contributed by atoms with E-state index in [1.165, 1.54) is 0 Å². The molecule has 110 valence electrons. The Morgan fingerprint density at radius 3 is 2.42 bits per heavy atom. The quantitative estimate of drug-likeness (QED) is 0.710. The van der Waals surface area contributed by atoms with Crippen LogP contribution in [0.4, 0.5) is 0 Å². The van der Waals surface area contributed by atoms with Crippen molar-refractivity contribution < 1.29 is 14.3 Å². The number of rotatable bonds is 6. The molecule has 0 saturated carbocycles. The van der Waals surface area contributed by atoms with E-state index in [0.717, 1.165) is 19.4 Å². The van der Waals surface area contributed by atoms with E-state index >= 15 is 0 Å². The monoisotopic (exact) mass is 270 g/mol. The number of carbonyl (C=O) groups excluding carboxylic acids is 2. The molecule has 1 atom stereocenters. The first-order chi connectivity index (χ1) is 8.84. The van der Waals surface area contributed by atoms with E-state index in [4.69, 9.17) is 4.74 Å². The maximum absolute atomic E-state index is 12.1. The lowest BCUT2D eigenvalue weighted by molar-refractivity contribution is -0.141. The summed E-state index contributed by atoms with van der Waals surface area (Å²) in [6.07, 6.45) is 2.11. The highest BCUT2D eigenvalue weighted by atomic mass is 16.5. The van der Waals surface area contributed by atoms with E-state index in [0.29, 0.717) is 19.0 Å². The molecule has 19 heavy (non-hydrogen) atoms. The van der Waals surface area contributed by atoms with Crippen molar-refractivity contribution in [2.24, 2.45) is 11.3 Å². The second-order valence-electron chi connectivity index (χ2n) is 6.07. The van der Waals surface area contributed by atoms with Crippen LogP contribution < -0.4 is 10.6 Å². The summed E-state index contributed by atoms with van der Waals surface area (Å²) in [5, 5.41) is 5.61. The third-order valence-corrected chi connectivity index (χ3v) is 3.32. The molecule has 2 N–H and O–H groups in total. The van der Waals surface area contributed by atoms with E-state index in [9.17, 15) is 9.59 Å². The summed E-state index contributed by atoms with van der Waals surface area (Å²) >= 11 is 0. The van der Waals surface area contributed by atoms with Crippen LogP contribution in [0.15, 0.2) is 0 Å². The summed E-state index contributed by atoms with van der Waals surface area (Å²) in [4.78, 5) is 24.1. The molecule has 5 heteroatoms. The molecule has 0 aromatic carbocycles. The predicted molar refractivity (Wildman–Crippen MR) is 73.6 cm³/mol. The Morgan fingerprint density at radius 2 is 1.89 bits per heavy atom. The van der Waals surface area contributed by atoms with Gasteiger partial charge in [-0.25, -0.2) is 0 Å². The second kappa shape index (κ2) is 6.89. The Labute approximate surface area is 115 Å². The molecule has 0 aliphatic carbocycles. The molecule has 1 heterocycles. The van der Waals surface area contributed by atoms with Crippen LogP contribution in [0, 0.1) is 11.3 Å². The summed E-state index contributed by atoms with van der Waals surface area (Å²) in [7, 11) is 0. The molecular weight excluding hydrogens is 244 g/mol. The molecule has 2 amide bonds. The van der Waals surface area contributed by atoms with Crippen LogP contribution in [0.25, 0.3) is 0 Å². The Bertz CT molecular complexity index is 321. The van der Waals surface area contributed by atoms with E-state index in [2.05, 4.69) is 10.6 Å². The number of carbonyl (C=O) groups is 2. The summed E-state index contributed by atoms with van der Waals surface area (Å²) in [6, 6.07) is 0. The highest BCUT2D eigenvalue weighted by molar-refractivity contribution is 6.04. The van der Waals surface area contributed by atoms with Crippen molar-refractivity contribution in [2.75, 3.05) is 19.7 Å². The number of hydrogen-bond donors (Lipinski definition) is 2. The molecule has 0 aromatic rings. The van der Waals surface area contributed by atoms with Crippen LogP contribution in [-0.2, 0) is 14.3 Å². The Balaban J connectivity index is 2.40. The van der Waals surface area contributed by atoms with Gasteiger partial charge in [0.05, 0.1) is 6.10 Å². The van der Waals surface area contributed by atoms with Crippen LogP contribution >= 0.6 is 0 Å². The van der Waals surface area contributed by atoms with Crippen molar-refractivity contribution in [1.29, 1.82) is 0 Å². The summed E-state index contributed by atoms with van der Waals surface area (Å²) < 4.78 is 5.44. The van der Waals surface area contributed by atoms with E-state index in [1.807, 2.05) is 13.8 Å². The lowest BCUT2D eigenvalue weighted by atomic mass is 9.90. The molecule has 0 aromatic heterocycles. The molecule has 1 saturated heterocycles. The molecule has 5 nitrogen and oxygen atoms in total. The zero-order chi connectivity index (χ0) is 14.5. The van der Waals surface area contributed by atoms with Crippen molar-refractivity contribution in [3.05, 3.63) is 0 Å². The van der Waals surface area contributed by atoms with Gasteiger partial charge < -0.3 is 15.4 Å². The zero-order valence-corrected chi connectivity index (χ0v) is 12.4. The van der Waals surface area contributed by atoms with E-state index in [-0.39, 0.29) is 17.9 Å². The smallest absolute Gasteiger partial charge is 0.235 e. The van der Waals surface area contributed by atoms with Crippen molar-refractivity contribution in [2.45, 2.75) is 46.6 Å². The van der Waals surface area contributed by atoms with Gasteiger partial charge in [-0.1, -0.05) is 13.8 Å². The molecule has 0 bridgehead atoms. The Kier molecular flexibility index (Phi) is 5.79. The Morgan fingerprint density at radius 1 is 1.26 bits per heavy atom. The number of hydrogen-bond acceptors (Lipinski definition) is 3. The minimum Gasteiger partial charge on any atom is -0.376 e. The summed E-state index contributed by atoms with van der Waals surface area (Å²) in [5.41, 5.74) is -1.05. The van der Waals surface area contributed by atoms with Gasteiger partial charge in [0.2, 0.25) is 11.8 Å². The standard InChI is InChI=1S/C14H26N2O3/c1-10(2)8-15-12(17)14(3,4)13(18)16-9-11-6-5-7-19-11/h10-11H,5-9H2,1-4H3,(H,15,17)(H,16,18). The predicted octanol–water partition coefficient (Wildman–Crippen LogP) is 1.08. The van der Waals surface area contributed by atoms with Gasteiger partial charge in [0, 0.05) is 19.7 Å². The first-order valence-corrected chi connectivity index (χ1v) is 7.02. The van der Waals surface area contributed by atoms with Crippen LogP contribution in [0.5, 0.6) is 0 Å². The van der Waals surface area contributed by atoms with Gasteiger partial charge in [-0.2, -0.15) is 0 Å². The minimum atomic E-state index is -1.05. The van der Waals surface area contributed by atoms with Crippen LogP contribution in [0.2, 0.25) is 0 Å². The topological polar surface area (TPSA) is 67.4 Å².